The molecule has 0 bridgehead atoms. The maximum atomic E-state index is 13.7. The van der Waals surface area contributed by atoms with Crippen molar-refractivity contribution in [3.05, 3.63) is 71.4 Å². The summed E-state index contributed by atoms with van der Waals surface area (Å²) in [5.41, 5.74) is 2.10. The van der Waals surface area contributed by atoms with E-state index in [1.807, 2.05) is 24.4 Å². The molecule has 0 spiro atoms. The van der Waals surface area contributed by atoms with Gasteiger partial charge >= 0.3 is 0 Å². The van der Waals surface area contributed by atoms with E-state index in [9.17, 15) is 18.4 Å². The van der Waals surface area contributed by atoms with E-state index in [0.29, 0.717) is 25.1 Å². The van der Waals surface area contributed by atoms with Gasteiger partial charge in [0.2, 0.25) is 5.91 Å². The number of hydrogen-bond donors (Lipinski definition) is 2. The van der Waals surface area contributed by atoms with Crippen LogP contribution in [0.1, 0.15) is 34.7 Å². The maximum absolute atomic E-state index is 13.7. The van der Waals surface area contributed by atoms with Crippen LogP contribution in [-0.2, 0) is 4.79 Å². The molecule has 1 fully saturated rings. The monoisotopic (exact) mass is 397 g/mol. The summed E-state index contributed by atoms with van der Waals surface area (Å²) in [6.45, 7) is 0.987. The number of benzene rings is 2. The van der Waals surface area contributed by atoms with Gasteiger partial charge in [0.1, 0.15) is 11.6 Å². The Morgan fingerprint density at radius 1 is 1.10 bits per heavy atom. The molecule has 0 aliphatic carbocycles. The Morgan fingerprint density at radius 3 is 2.62 bits per heavy atom. The van der Waals surface area contributed by atoms with Crippen LogP contribution in [0.3, 0.4) is 0 Å². The van der Waals surface area contributed by atoms with Crippen molar-refractivity contribution in [2.75, 3.05) is 19.6 Å². The van der Waals surface area contributed by atoms with Crippen LogP contribution in [0.4, 0.5) is 8.78 Å². The Kier molecular flexibility index (Phi) is 5.29. The van der Waals surface area contributed by atoms with Crippen LogP contribution in [0.15, 0.2) is 48.7 Å². The highest BCUT2D eigenvalue weighted by Gasteiger charge is 2.25. The molecule has 0 unspecified atom stereocenters. The first-order valence-electron chi connectivity index (χ1n) is 9.60. The van der Waals surface area contributed by atoms with Crippen LogP contribution in [0.25, 0.3) is 10.9 Å². The number of carbonyl (C=O) groups is 2. The highest BCUT2D eigenvalue weighted by molar-refractivity contribution is 5.96. The first-order valence-corrected chi connectivity index (χ1v) is 9.60. The fourth-order valence-electron chi connectivity index (χ4n) is 3.91. The topological polar surface area (TPSA) is 65.2 Å². The predicted molar refractivity (Wildman–Crippen MR) is 106 cm³/mol. The molecule has 0 atom stereocenters. The fraction of sp³-hybridized carbons (Fsp3) is 0.273. The summed E-state index contributed by atoms with van der Waals surface area (Å²) < 4.78 is 26.6. The molecule has 2 N–H and O–H groups in total. The zero-order valence-corrected chi connectivity index (χ0v) is 15.8. The van der Waals surface area contributed by atoms with Crippen LogP contribution >= 0.6 is 0 Å². The molecule has 1 aromatic heterocycles. The SMILES string of the molecule is O=C(NCC(=O)N1CCC(c2c[nH]c3ccccc23)CC1)c1ccc(F)cc1F. The van der Waals surface area contributed by atoms with Crippen molar-refractivity contribution < 1.29 is 18.4 Å². The number of likely N-dealkylation sites (tertiary alicyclic amines) is 1. The third-order valence-electron chi connectivity index (χ3n) is 5.48. The molecule has 1 aliphatic rings. The molecule has 2 aromatic carbocycles. The molecule has 150 valence electrons. The number of fused-ring (bicyclic) bond motifs is 1. The number of nitrogens with zero attached hydrogens (tertiary/aromatic N) is 1. The Morgan fingerprint density at radius 2 is 1.86 bits per heavy atom. The van der Waals surface area contributed by atoms with Gasteiger partial charge < -0.3 is 15.2 Å². The smallest absolute Gasteiger partial charge is 0.254 e. The first kappa shape index (κ1) is 19.1. The Balaban J connectivity index is 1.31. The molecule has 29 heavy (non-hydrogen) atoms. The number of amides is 2. The summed E-state index contributed by atoms with van der Waals surface area (Å²) in [7, 11) is 0. The largest absolute Gasteiger partial charge is 0.361 e. The zero-order valence-electron chi connectivity index (χ0n) is 15.8. The molecule has 0 saturated carbocycles. The number of aromatic nitrogens is 1. The third-order valence-corrected chi connectivity index (χ3v) is 5.48. The van der Waals surface area contributed by atoms with E-state index in [0.717, 1.165) is 30.5 Å². The van der Waals surface area contributed by atoms with E-state index in [4.69, 9.17) is 0 Å². The van der Waals surface area contributed by atoms with Crippen LogP contribution in [0, 0.1) is 11.6 Å². The van der Waals surface area contributed by atoms with Gasteiger partial charge in [-0.05, 0) is 42.5 Å². The minimum absolute atomic E-state index is 0.210. The summed E-state index contributed by atoms with van der Waals surface area (Å²) in [6, 6.07) is 10.9. The molecule has 7 heteroatoms. The van der Waals surface area contributed by atoms with E-state index < -0.39 is 17.5 Å². The van der Waals surface area contributed by atoms with Crippen molar-refractivity contribution >= 4 is 22.7 Å². The van der Waals surface area contributed by atoms with Crippen LogP contribution < -0.4 is 5.32 Å². The maximum Gasteiger partial charge on any atom is 0.254 e. The quantitative estimate of drug-likeness (QED) is 0.707. The van der Waals surface area contributed by atoms with Gasteiger partial charge in [0.25, 0.3) is 5.91 Å². The van der Waals surface area contributed by atoms with Crippen molar-refractivity contribution in [2.24, 2.45) is 0 Å². The highest BCUT2D eigenvalue weighted by atomic mass is 19.1. The number of hydrogen-bond acceptors (Lipinski definition) is 2. The molecule has 2 heterocycles. The molecule has 1 saturated heterocycles. The van der Waals surface area contributed by atoms with E-state index >= 15 is 0 Å². The number of nitrogens with one attached hydrogen (secondary N) is 2. The van der Waals surface area contributed by atoms with E-state index in [1.54, 1.807) is 4.90 Å². The number of aromatic amines is 1. The van der Waals surface area contributed by atoms with Gasteiger partial charge in [0, 0.05) is 36.3 Å². The summed E-state index contributed by atoms with van der Waals surface area (Å²) >= 11 is 0. The van der Waals surface area contributed by atoms with Crippen molar-refractivity contribution in [3.63, 3.8) is 0 Å². The summed E-state index contributed by atoms with van der Waals surface area (Å²) in [4.78, 5) is 29.5. The second-order valence-corrected chi connectivity index (χ2v) is 7.25. The normalized spacial score (nSPS) is 14.9. The van der Waals surface area contributed by atoms with E-state index in [-0.39, 0.29) is 18.0 Å². The minimum atomic E-state index is -0.950. The molecular formula is C22H21F2N3O2. The third kappa shape index (κ3) is 3.99. The summed E-state index contributed by atoms with van der Waals surface area (Å²) in [5.74, 6) is -2.27. The van der Waals surface area contributed by atoms with Crippen molar-refractivity contribution in [1.82, 2.24) is 15.2 Å². The molecule has 0 radical (unpaired) electrons. The Bertz CT molecular complexity index is 1060. The van der Waals surface area contributed by atoms with Gasteiger partial charge in [0.15, 0.2) is 0 Å². The zero-order chi connectivity index (χ0) is 20.4. The number of para-hydroxylation sites is 1. The highest BCUT2D eigenvalue weighted by Crippen LogP contribution is 2.33. The molecule has 5 nitrogen and oxygen atoms in total. The van der Waals surface area contributed by atoms with Crippen LogP contribution in [-0.4, -0.2) is 41.3 Å². The van der Waals surface area contributed by atoms with Crippen LogP contribution in [0.2, 0.25) is 0 Å². The number of piperidine rings is 1. The van der Waals surface area contributed by atoms with Crippen molar-refractivity contribution in [2.45, 2.75) is 18.8 Å². The number of rotatable bonds is 4. The first-order chi connectivity index (χ1) is 14.0. The van der Waals surface area contributed by atoms with Gasteiger partial charge in [-0.15, -0.1) is 0 Å². The summed E-state index contributed by atoms with van der Waals surface area (Å²) in [5, 5.41) is 3.64. The van der Waals surface area contributed by atoms with Crippen molar-refractivity contribution in [3.8, 4) is 0 Å². The minimum Gasteiger partial charge on any atom is -0.361 e. The number of halogens is 2. The molecular weight excluding hydrogens is 376 g/mol. The number of H-pyrrole nitrogens is 1. The average Bonchev–Trinajstić information content (AvgIpc) is 3.16. The molecule has 2 amide bonds. The predicted octanol–water partition coefficient (Wildman–Crippen LogP) is 3.58. The van der Waals surface area contributed by atoms with Gasteiger partial charge in [-0.2, -0.15) is 0 Å². The average molecular weight is 397 g/mol. The Labute approximate surface area is 166 Å². The fourth-order valence-corrected chi connectivity index (χ4v) is 3.91. The van der Waals surface area contributed by atoms with Gasteiger partial charge in [-0.1, -0.05) is 18.2 Å². The van der Waals surface area contributed by atoms with E-state index in [1.165, 1.54) is 10.9 Å². The standard InChI is InChI=1S/C22H21F2N3O2/c23-15-5-6-17(19(24)11-15)22(29)26-13-21(28)27-9-7-14(8-10-27)18-12-25-20-4-2-1-3-16(18)20/h1-6,11-12,14,25H,7-10,13H2,(H,26,29). The Hall–Kier alpha value is -3.22. The van der Waals surface area contributed by atoms with Crippen LogP contribution in [0.5, 0.6) is 0 Å². The van der Waals surface area contributed by atoms with Gasteiger partial charge in [0.05, 0.1) is 12.1 Å². The van der Waals surface area contributed by atoms with Crippen molar-refractivity contribution in [1.29, 1.82) is 0 Å². The lowest BCUT2D eigenvalue weighted by Gasteiger charge is -2.32. The number of carbonyl (C=O) groups excluding carboxylic acids is 2. The lowest BCUT2D eigenvalue weighted by atomic mass is 9.89. The summed E-state index contributed by atoms with van der Waals surface area (Å²) in [6.07, 6.45) is 3.73. The lowest BCUT2D eigenvalue weighted by Crippen LogP contribution is -2.43. The van der Waals surface area contributed by atoms with E-state index in [2.05, 4.69) is 16.4 Å². The van der Waals surface area contributed by atoms with Gasteiger partial charge in [-0.3, -0.25) is 9.59 Å². The second-order valence-electron chi connectivity index (χ2n) is 7.25. The lowest BCUT2D eigenvalue weighted by molar-refractivity contribution is -0.131. The molecule has 3 aromatic rings. The molecule has 1 aliphatic heterocycles. The second kappa shape index (κ2) is 8.03. The van der Waals surface area contributed by atoms with Gasteiger partial charge in [-0.25, -0.2) is 8.78 Å². The molecule has 4 rings (SSSR count).